The summed E-state index contributed by atoms with van der Waals surface area (Å²) in [4.78, 5) is 14.8. The number of nitrogens with zero attached hydrogens (tertiary/aromatic N) is 4. The summed E-state index contributed by atoms with van der Waals surface area (Å²) in [6.45, 7) is 16.2. The van der Waals surface area contributed by atoms with Gasteiger partial charge in [0.05, 0.1) is 0 Å². The third-order valence-electron chi connectivity index (χ3n) is 8.45. The maximum absolute atomic E-state index is 4.93. The maximum Gasteiger partial charge on any atom is 0.178 e. The monoisotopic (exact) mass is 454 g/mol. The molecule has 0 radical (unpaired) electrons. The molecule has 2 unspecified atom stereocenters. The van der Waals surface area contributed by atoms with E-state index in [4.69, 9.17) is 9.97 Å². The lowest BCUT2D eigenvalue weighted by Gasteiger charge is -2.53. The summed E-state index contributed by atoms with van der Waals surface area (Å²) in [6, 6.07) is 15.9. The molecule has 4 nitrogen and oxygen atoms in total. The van der Waals surface area contributed by atoms with Gasteiger partial charge in [0.2, 0.25) is 0 Å². The molecule has 3 aromatic rings. The second-order valence-electron chi connectivity index (χ2n) is 11.0. The van der Waals surface area contributed by atoms with Gasteiger partial charge in [-0.3, -0.25) is 0 Å². The quantitative estimate of drug-likeness (QED) is 0.402. The van der Waals surface area contributed by atoms with Gasteiger partial charge in [-0.1, -0.05) is 71.9 Å². The number of para-hydroxylation sites is 1. The molecular formula is C30H38N4. The minimum atomic E-state index is 0.0772. The first kappa shape index (κ1) is 22.9. The van der Waals surface area contributed by atoms with Crippen LogP contribution < -0.4 is 9.80 Å². The van der Waals surface area contributed by atoms with E-state index >= 15 is 0 Å². The Balaban J connectivity index is 1.85. The Bertz CT molecular complexity index is 1200. The number of aryl methyl sites for hydroxylation is 1. The molecule has 0 saturated carbocycles. The number of hydrogen-bond acceptors (Lipinski definition) is 4. The lowest BCUT2D eigenvalue weighted by Crippen LogP contribution is -2.56. The SMILES string of the molecule is CCC1C2N(c3ccccc3C)c3nccnc3N2c2cc(C(C)(C)C)ccc2C1(CC)CC. The zero-order chi connectivity index (χ0) is 24.3. The summed E-state index contributed by atoms with van der Waals surface area (Å²) in [7, 11) is 0. The predicted octanol–water partition coefficient (Wildman–Crippen LogP) is 7.80. The molecule has 0 bridgehead atoms. The Morgan fingerprint density at radius 1 is 0.853 bits per heavy atom. The molecule has 0 spiro atoms. The Hall–Kier alpha value is -2.88. The molecule has 0 amide bonds. The fourth-order valence-electron chi connectivity index (χ4n) is 6.60. The van der Waals surface area contributed by atoms with Crippen LogP contribution in [0.3, 0.4) is 0 Å². The van der Waals surface area contributed by atoms with Crippen LogP contribution in [0.4, 0.5) is 23.0 Å². The first-order valence-corrected chi connectivity index (χ1v) is 12.9. The van der Waals surface area contributed by atoms with E-state index in [0.717, 1.165) is 30.9 Å². The van der Waals surface area contributed by atoms with Gasteiger partial charge in [0.15, 0.2) is 11.6 Å². The highest BCUT2D eigenvalue weighted by Crippen LogP contribution is 2.59. The number of aromatic nitrogens is 2. The number of hydrogen-bond donors (Lipinski definition) is 0. The molecule has 178 valence electrons. The summed E-state index contributed by atoms with van der Waals surface area (Å²) in [5.74, 6) is 2.38. The third kappa shape index (κ3) is 3.10. The van der Waals surface area contributed by atoms with Crippen LogP contribution in [0.25, 0.3) is 0 Å². The van der Waals surface area contributed by atoms with Crippen molar-refractivity contribution in [1.29, 1.82) is 0 Å². The molecule has 2 aromatic carbocycles. The zero-order valence-electron chi connectivity index (χ0n) is 21.8. The summed E-state index contributed by atoms with van der Waals surface area (Å²) < 4.78 is 0. The summed E-state index contributed by atoms with van der Waals surface area (Å²) in [5, 5.41) is 0. The van der Waals surface area contributed by atoms with E-state index in [1.165, 1.54) is 28.1 Å². The van der Waals surface area contributed by atoms with Crippen LogP contribution in [0.1, 0.15) is 77.5 Å². The summed E-state index contributed by atoms with van der Waals surface area (Å²) in [5.41, 5.74) is 6.81. The van der Waals surface area contributed by atoms with Crippen molar-refractivity contribution >= 4 is 23.0 Å². The first-order chi connectivity index (χ1) is 16.3. The molecule has 3 heterocycles. The molecule has 0 saturated heterocycles. The molecule has 0 aliphatic carbocycles. The average molecular weight is 455 g/mol. The minimum absolute atomic E-state index is 0.0772. The van der Waals surface area contributed by atoms with E-state index in [9.17, 15) is 0 Å². The molecule has 2 aliphatic heterocycles. The van der Waals surface area contributed by atoms with Crippen molar-refractivity contribution in [3.05, 3.63) is 71.5 Å². The van der Waals surface area contributed by atoms with Crippen LogP contribution in [0.15, 0.2) is 54.9 Å². The second-order valence-corrected chi connectivity index (χ2v) is 11.0. The van der Waals surface area contributed by atoms with Gasteiger partial charge in [-0.15, -0.1) is 0 Å². The molecule has 0 fully saturated rings. The smallest absolute Gasteiger partial charge is 0.178 e. The van der Waals surface area contributed by atoms with Crippen molar-refractivity contribution in [2.45, 2.75) is 84.7 Å². The normalized spacial score (nSPS) is 20.7. The molecule has 4 heteroatoms. The van der Waals surface area contributed by atoms with Crippen LogP contribution in [0, 0.1) is 12.8 Å². The van der Waals surface area contributed by atoms with Crippen LogP contribution >= 0.6 is 0 Å². The van der Waals surface area contributed by atoms with E-state index in [1.807, 2.05) is 12.4 Å². The molecular weight excluding hydrogens is 416 g/mol. The maximum atomic E-state index is 4.93. The highest BCUT2D eigenvalue weighted by atomic mass is 15.5. The molecule has 2 aliphatic rings. The Morgan fingerprint density at radius 3 is 2.03 bits per heavy atom. The molecule has 1 aromatic heterocycles. The van der Waals surface area contributed by atoms with Gasteiger partial charge in [-0.2, -0.15) is 0 Å². The van der Waals surface area contributed by atoms with E-state index in [0.29, 0.717) is 5.92 Å². The summed E-state index contributed by atoms with van der Waals surface area (Å²) >= 11 is 0. The topological polar surface area (TPSA) is 32.3 Å². The molecule has 5 rings (SSSR count). The van der Waals surface area contributed by atoms with Crippen molar-refractivity contribution < 1.29 is 0 Å². The second kappa shape index (κ2) is 8.11. The summed E-state index contributed by atoms with van der Waals surface area (Å²) in [6.07, 6.45) is 7.15. The van der Waals surface area contributed by atoms with E-state index in [2.05, 4.69) is 101 Å². The van der Waals surface area contributed by atoms with Crippen molar-refractivity contribution in [3.63, 3.8) is 0 Å². The van der Waals surface area contributed by atoms with Gasteiger partial charge >= 0.3 is 0 Å². The molecule has 0 N–H and O–H groups in total. The van der Waals surface area contributed by atoms with E-state index < -0.39 is 0 Å². The van der Waals surface area contributed by atoms with Gasteiger partial charge in [0, 0.05) is 35.1 Å². The average Bonchev–Trinajstić information content (AvgIpc) is 3.17. The van der Waals surface area contributed by atoms with Gasteiger partial charge < -0.3 is 9.80 Å². The van der Waals surface area contributed by atoms with E-state index in [-0.39, 0.29) is 17.0 Å². The van der Waals surface area contributed by atoms with Gasteiger partial charge in [0.1, 0.15) is 6.17 Å². The predicted molar refractivity (Wildman–Crippen MR) is 142 cm³/mol. The first-order valence-electron chi connectivity index (χ1n) is 12.9. The van der Waals surface area contributed by atoms with Gasteiger partial charge in [-0.25, -0.2) is 9.97 Å². The van der Waals surface area contributed by atoms with Crippen LogP contribution in [-0.2, 0) is 10.8 Å². The van der Waals surface area contributed by atoms with E-state index in [1.54, 1.807) is 0 Å². The number of fused-ring (bicyclic) bond motifs is 5. The molecule has 2 atom stereocenters. The standard InChI is InChI=1S/C30H38N4/c1-8-22-28-33(24-14-12-11-13-20(24)4)26-27(32-18-17-31-26)34(28)25-19-21(29(5,6)7)15-16-23(25)30(22,9-2)10-3/h11-19,22,28H,8-10H2,1-7H3. The zero-order valence-corrected chi connectivity index (χ0v) is 21.8. The van der Waals surface area contributed by atoms with Gasteiger partial charge in [-0.05, 0) is 60.4 Å². The number of anilines is 4. The Morgan fingerprint density at radius 2 is 1.47 bits per heavy atom. The van der Waals surface area contributed by atoms with Crippen molar-refractivity contribution in [2.24, 2.45) is 5.92 Å². The lowest BCUT2D eigenvalue weighted by molar-refractivity contribution is 0.194. The van der Waals surface area contributed by atoms with Crippen LogP contribution in [0.2, 0.25) is 0 Å². The van der Waals surface area contributed by atoms with Crippen LogP contribution in [-0.4, -0.2) is 16.1 Å². The highest BCUT2D eigenvalue weighted by molar-refractivity contribution is 5.87. The minimum Gasteiger partial charge on any atom is -0.301 e. The Kier molecular flexibility index (Phi) is 5.46. The largest absolute Gasteiger partial charge is 0.301 e. The number of benzene rings is 2. The highest BCUT2D eigenvalue weighted by Gasteiger charge is 2.55. The fourth-order valence-corrected chi connectivity index (χ4v) is 6.60. The fraction of sp³-hybridized carbons (Fsp3) is 0.467. The van der Waals surface area contributed by atoms with Crippen molar-refractivity contribution in [1.82, 2.24) is 9.97 Å². The van der Waals surface area contributed by atoms with Gasteiger partial charge in [0.25, 0.3) is 0 Å². The van der Waals surface area contributed by atoms with Crippen molar-refractivity contribution in [3.8, 4) is 0 Å². The lowest BCUT2D eigenvalue weighted by atomic mass is 9.61. The third-order valence-corrected chi connectivity index (χ3v) is 8.45. The Labute approximate surface area is 205 Å². The molecule has 34 heavy (non-hydrogen) atoms. The van der Waals surface area contributed by atoms with Crippen LogP contribution in [0.5, 0.6) is 0 Å². The van der Waals surface area contributed by atoms with Crippen molar-refractivity contribution in [2.75, 3.05) is 9.80 Å². The number of rotatable bonds is 4.